The first-order chi connectivity index (χ1) is 15.0. The predicted molar refractivity (Wildman–Crippen MR) is 119 cm³/mol. The van der Waals surface area contributed by atoms with Crippen molar-refractivity contribution in [1.82, 2.24) is 24.6 Å². The Morgan fingerprint density at radius 2 is 2.19 bits per heavy atom. The summed E-state index contributed by atoms with van der Waals surface area (Å²) >= 11 is 3.13. The molecule has 0 spiro atoms. The van der Waals surface area contributed by atoms with Gasteiger partial charge in [-0.25, -0.2) is 4.98 Å². The molecule has 2 atom stereocenters. The number of piperidine rings is 1. The van der Waals surface area contributed by atoms with E-state index in [2.05, 4.69) is 15.2 Å². The van der Waals surface area contributed by atoms with E-state index in [9.17, 15) is 9.59 Å². The number of thioether (sulfide) groups is 1. The van der Waals surface area contributed by atoms with E-state index in [1.165, 1.54) is 0 Å². The Bertz CT molecular complexity index is 1170. The molecule has 0 unspecified atom stereocenters. The van der Waals surface area contributed by atoms with Crippen LogP contribution in [0.2, 0.25) is 0 Å². The minimum Gasteiger partial charge on any atom is -0.420 e. The van der Waals surface area contributed by atoms with E-state index >= 15 is 0 Å². The molecule has 0 aliphatic carbocycles. The van der Waals surface area contributed by atoms with Crippen LogP contribution < -0.4 is 5.56 Å². The van der Waals surface area contributed by atoms with Gasteiger partial charge in [0.1, 0.15) is 0 Å². The monoisotopic (exact) mass is 457 g/mol. The van der Waals surface area contributed by atoms with Crippen LogP contribution in [0.1, 0.15) is 48.4 Å². The Morgan fingerprint density at radius 3 is 3.00 bits per heavy atom. The van der Waals surface area contributed by atoms with Gasteiger partial charge in [0.25, 0.3) is 5.56 Å². The highest BCUT2D eigenvalue weighted by atomic mass is 32.2. The van der Waals surface area contributed by atoms with Crippen LogP contribution in [-0.2, 0) is 4.79 Å². The maximum Gasteiger partial charge on any atom is 0.257 e. The summed E-state index contributed by atoms with van der Waals surface area (Å²) in [4.78, 5) is 32.3. The molecule has 1 fully saturated rings. The van der Waals surface area contributed by atoms with E-state index in [-0.39, 0.29) is 23.4 Å². The Morgan fingerprint density at radius 1 is 1.32 bits per heavy atom. The largest absolute Gasteiger partial charge is 0.420 e. The third-order valence-electron chi connectivity index (χ3n) is 6.06. The van der Waals surface area contributed by atoms with Crippen molar-refractivity contribution in [1.29, 1.82) is 0 Å². The molecule has 0 bridgehead atoms. The summed E-state index contributed by atoms with van der Waals surface area (Å²) in [6, 6.07) is 1.80. The number of hydrogen-bond acceptors (Lipinski definition) is 8. The van der Waals surface area contributed by atoms with Gasteiger partial charge in [0.2, 0.25) is 17.7 Å². The number of aromatic nitrogens is 4. The number of amides is 1. The van der Waals surface area contributed by atoms with Crippen LogP contribution in [0, 0.1) is 13.8 Å². The summed E-state index contributed by atoms with van der Waals surface area (Å²) < 4.78 is 7.61. The Balaban J connectivity index is 1.28. The highest BCUT2D eigenvalue weighted by Gasteiger charge is 2.33. The van der Waals surface area contributed by atoms with Gasteiger partial charge in [0, 0.05) is 47.5 Å². The average molecular weight is 458 g/mol. The van der Waals surface area contributed by atoms with Crippen molar-refractivity contribution in [3.63, 3.8) is 0 Å². The molecule has 1 saturated heterocycles. The molecule has 2 aliphatic rings. The van der Waals surface area contributed by atoms with Crippen LogP contribution in [0.15, 0.2) is 31.2 Å². The number of thiophene rings is 1. The highest BCUT2D eigenvalue weighted by Crippen LogP contribution is 2.34. The maximum atomic E-state index is 13.1. The van der Waals surface area contributed by atoms with Crippen molar-refractivity contribution in [2.24, 2.45) is 0 Å². The van der Waals surface area contributed by atoms with Gasteiger partial charge < -0.3 is 9.32 Å². The minimum atomic E-state index is -0.152. The van der Waals surface area contributed by atoms with Crippen molar-refractivity contribution in [2.45, 2.75) is 50.2 Å². The van der Waals surface area contributed by atoms with Crippen LogP contribution >= 0.6 is 23.1 Å². The zero-order valence-electron chi connectivity index (χ0n) is 17.4. The molecular formula is C21H23N5O3S2. The smallest absolute Gasteiger partial charge is 0.257 e. The summed E-state index contributed by atoms with van der Waals surface area (Å²) in [7, 11) is 0. The molecule has 0 N–H and O–H groups in total. The van der Waals surface area contributed by atoms with Gasteiger partial charge in [0.15, 0.2) is 5.16 Å². The number of aryl methyl sites for hydroxylation is 1. The number of carbonyl (C=O) groups is 1. The van der Waals surface area contributed by atoms with E-state index in [1.54, 1.807) is 34.6 Å². The zero-order valence-corrected chi connectivity index (χ0v) is 19.0. The van der Waals surface area contributed by atoms with Crippen molar-refractivity contribution in [2.75, 3.05) is 18.8 Å². The third kappa shape index (κ3) is 3.82. The lowest BCUT2D eigenvalue weighted by Crippen LogP contribution is -2.40. The molecule has 0 radical (unpaired) electrons. The number of likely N-dealkylation sites (tertiary alicyclic amines) is 1. The fourth-order valence-corrected chi connectivity index (χ4v) is 5.97. The Labute approximate surface area is 187 Å². The Hall–Kier alpha value is -2.46. The minimum absolute atomic E-state index is 0.0337. The standard InChI is InChI=1S/C21H23N5O3S2/c1-12-13(2)22-21-26(20(12)28)16(11-31-21)8-17(27)25-6-3-4-14(9-25)18-23-24-19(29-18)15-5-7-30-10-15/h5,7,10,14,16H,3-4,6,8-9,11H2,1-2H3/t14-,16+/m0/s1. The number of fused-ring (bicyclic) bond motifs is 1. The molecule has 162 valence electrons. The van der Waals surface area contributed by atoms with E-state index in [0.29, 0.717) is 47.8 Å². The van der Waals surface area contributed by atoms with Crippen LogP contribution in [0.5, 0.6) is 0 Å². The fraction of sp³-hybridized carbons (Fsp3) is 0.476. The number of hydrogen-bond donors (Lipinski definition) is 0. The summed E-state index contributed by atoms with van der Waals surface area (Å²) in [5.74, 6) is 1.91. The summed E-state index contributed by atoms with van der Waals surface area (Å²) in [6.45, 7) is 4.93. The molecule has 3 aromatic rings. The number of nitrogens with zero attached hydrogens (tertiary/aromatic N) is 5. The van der Waals surface area contributed by atoms with Gasteiger partial charge in [-0.3, -0.25) is 14.2 Å². The van der Waals surface area contributed by atoms with E-state index in [4.69, 9.17) is 4.42 Å². The highest BCUT2D eigenvalue weighted by molar-refractivity contribution is 7.99. The molecule has 2 aliphatic heterocycles. The fourth-order valence-electron chi connectivity index (χ4n) is 4.16. The second-order valence-corrected chi connectivity index (χ2v) is 9.85. The van der Waals surface area contributed by atoms with Gasteiger partial charge in [0.05, 0.1) is 12.0 Å². The molecule has 8 nitrogen and oxygen atoms in total. The van der Waals surface area contributed by atoms with Crippen molar-refractivity contribution < 1.29 is 9.21 Å². The normalized spacial score (nSPS) is 20.8. The van der Waals surface area contributed by atoms with Crippen LogP contribution in [-0.4, -0.2) is 49.4 Å². The quantitative estimate of drug-likeness (QED) is 0.554. The van der Waals surface area contributed by atoms with Crippen LogP contribution in [0.25, 0.3) is 11.5 Å². The van der Waals surface area contributed by atoms with Crippen molar-refractivity contribution in [3.05, 3.63) is 44.3 Å². The SMILES string of the molecule is Cc1nc2n(c(=O)c1C)[C@H](CC(=O)N1CCC[C@H](c3nnc(-c4ccsc4)o3)C1)CS2. The second kappa shape index (κ2) is 8.23. The first-order valence-corrected chi connectivity index (χ1v) is 12.3. The van der Waals surface area contributed by atoms with E-state index in [0.717, 1.165) is 24.1 Å². The molecule has 5 heterocycles. The molecular weight excluding hydrogens is 434 g/mol. The van der Waals surface area contributed by atoms with Crippen LogP contribution in [0.3, 0.4) is 0 Å². The Kier molecular flexibility index (Phi) is 5.43. The molecule has 1 amide bonds. The third-order valence-corrected chi connectivity index (χ3v) is 7.84. The van der Waals surface area contributed by atoms with Crippen molar-refractivity contribution >= 4 is 29.0 Å². The summed E-state index contributed by atoms with van der Waals surface area (Å²) in [6.07, 6.45) is 2.11. The van der Waals surface area contributed by atoms with Crippen LogP contribution in [0.4, 0.5) is 0 Å². The maximum absolute atomic E-state index is 13.1. The number of carbonyl (C=O) groups excluding carboxylic acids is 1. The molecule has 10 heteroatoms. The molecule has 31 heavy (non-hydrogen) atoms. The van der Waals surface area contributed by atoms with Gasteiger partial charge in [-0.15, -0.1) is 10.2 Å². The average Bonchev–Trinajstić information content (AvgIpc) is 3.53. The van der Waals surface area contributed by atoms with Gasteiger partial charge in [-0.2, -0.15) is 11.3 Å². The lowest BCUT2D eigenvalue weighted by atomic mass is 9.97. The first-order valence-electron chi connectivity index (χ1n) is 10.4. The zero-order chi connectivity index (χ0) is 21.5. The lowest BCUT2D eigenvalue weighted by molar-refractivity contribution is -0.133. The lowest BCUT2D eigenvalue weighted by Gasteiger charge is -2.32. The molecule has 0 saturated carbocycles. The van der Waals surface area contributed by atoms with Crippen molar-refractivity contribution in [3.8, 4) is 11.5 Å². The van der Waals surface area contributed by atoms with E-state index < -0.39 is 0 Å². The topological polar surface area (TPSA) is 94.1 Å². The molecule has 5 rings (SSSR count). The van der Waals surface area contributed by atoms with Gasteiger partial charge >= 0.3 is 0 Å². The van der Waals surface area contributed by atoms with Gasteiger partial charge in [-0.1, -0.05) is 11.8 Å². The van der Waals surface area contributed by atoms with E-state index in [1.807, 2.05) is 28.7 Å². The molecule has 0 aromatic carbocycles. The van der Waals surface area contributed by atoms with Gasteiger partial charge in [-0.05, 0) is 38.1 Å². The first kappa shape index (κ1) is 20.4. The summed E-state index contributed by atoms with van der Waals surface area (Å²) in [5.41, 5.74) is 2.30. The predicted octanol–water partition coefficient (Wildman–Crippen LogP) is 3.41. The second-order valence-electron chi connectivity index (χ2n) is 8.09. The number of rotatable bonds is 4. The summed E-state index contributed by atoms with van der Waals surface area (Å²) in [5, 5.41) is 13.1. The molecule has 3 aromatic heterocycles.